The first-order chi connectivity index (χ1) is 5.84. The molecular formula is C8H7ClF3N. The van der Waals surface area contributed by atoms with Crippen molar-refractivity contribution >= 4 is 11.6 Å². The normalized spacial score (nSPS) is 11.8. The van der Waals surface area contributed by atoms with E-state index in [1.165, 1.54) is 13.8 Å². The summed E-state index contributed by atoms with van der Waals surface area (Å²) >= 11 is 5.56. The molecule has 13 heavy (non-hydrogen) atoms. The summed E-state index contributed by atoms with van der Waals surface area (Å²) in [4.78, 5) is 3.45. The van der Waals surface area contributed by atoms with Crippen molar-refractivity contribution in [3.05, 3.63) is 28.0 Å². The van der Waals surface area contributed by atoms with Crippen molar-refractivity contribution in [2.45, 2.75) is 20.0 Å². The van der Waals surface area contributed by atoms with Gasteiger partial charge in [-0.2, -0.15) is 13.2 Å². The molecule has 0 fully saturated rings. The van der Waals surface area contributed by atoms with Gasteiger partial charge in [-0.05, 0) is 25.0 Å². The Morgan fingerprint density at radius 1 is 1.23 bits per heavy atom. The summed E-state index contributed by atoms with van der Waals surface area (Å²) in [5, 5.41) is 0.116. The summed E-state index contributed by atoms with van der Waals surface area (Å²) in [6.07, 6.45) is -3.60. The van der Waals surface area contributed by atoms with E-state index in [1.54, 1.807) is 0 Å². The minimum Gasteiger partial charge on any atom is -0.244 e. The SMILES string of the molecule is Cc1c(C(F)(F)F)cnc(Cl)c1C. The second-order valence-electron chi connectivity index (χ2n) is 2.71. The van der Waals surface area contributed by atoms with Gasteiger partial charge in [0.2, 0.25) is 0 Å². The number of pyridine rings is 1. The van der Waals surface area contributed by atoms with E-state index in [0.717, 1.165) is 6.20 Å². The molecule has 0 amide bonds. The van der Waals surface area contributed by atoms with E-state index in [4.69, 9.17) is 11.6 Å². The number of nitrogens with zero attached hydrogens (tertiary/aromatic N) is 1. The highest BCUT2D eigenvalue weighted by Gasteiger charge is 2.33. The number of alkyl halides is 3. The molecule has 0 bridgehead atoms. The molecule has 0 radical (unpaired) electrons. The zero-order valence-electron chi connectivity index (χ0n) is 7.04. The Kier molecular flexibility index (Phi) is 2.52. The minimum atomic E-state index is -4.35. The predicted molar refractivity (Wildman–Crippen MR) is 43.7 cm³/mol. The first kappa shape index (κ1) is 10.3. The standard InChI is InChI=1S/C8H7ClF3N/c1-4-5(2)7(9)13-3-6(4)8(10,11)12/h3H,1-2H3. The van der Waals surface area contributed by atoms with E-state index in [9.17, 15) is 13.2 Å². The maximum absolute atomic E-state index is 12.3. The van der Waals surface area contributed by atoms with Crippen LogP contribution in [0.2, 0.25) is 5.15 Å². The molecule has 72 valence electrons. The number of halogens is 4. The lowest BCUT2D eigenvalue weighted by Gasteiger charge is -2.11. The Balaban J connectivity index is 3.35. The fourth-order valence-corrected chi connectivity index (χ4v) is 1.15. The fourth-order valence-electron chi connectivity index (χ4n) is 0.957. The van der Waals surface area contributed by atoms with Crippen LogP contribution < -0.4 is 0 Å². The molecule has 0 unspecified atom stereocenters. The van der Waals surface area contributed by atoms with Crippen molar-refractivity contribution in [2.24, 2.45) is 0 Å². The van der Waals surface area contributed by atoms with Crippen LogP contribution in [-0.2, 0) is 6.18 Å². The third-order valence-electron chi connectivity index (χ3n) is 1.89. The second kappa shape index (κ2) is 3.18. The average molecular weight is 210 g/mol. The van der Waals surface area contributed by atoms with Crippen molar-refractivity contribution in [3.8, 4) is 0 Å². The molecule has 5 heteroatoms. The third-order valence-corrected chi connectivity index (χ3v) is 2.27. The number of aromatic nitrogens is 1. The fraction of sp³-hybridized carbons (Fsp3) is 0.375. The third kappa shape index (κ3) is 1.94. The lowest BCUT2D eigenvalue weighted by atomic mass is 10.1. The van der Waals surface area contributed by atoms with Crippen molar-refractivity contribution in [1.82, 2.24) is 4.98 Å². The van der Waals surface area contributed by atoms with Crippen LogP contribution in [-0.4, -0.2) is 4.98 Å². The van der Waals surface area contributed by atoms with Gasteiger partial charge in [0.25, 0.3) is 0 Å². The Morgan fingerprint density at radius 3 is 2.23 bits per heavy atom. The molecule has 1 aromatic heterocycles. The van der Waals surface area contributed by atoms with Crippen molar-refractivity contribution in [2.75, 3.05) is 0 Å². The molecule has 1 nitrogen and oxygen atoms in total. The zero-order chi connectivity index (χ0) is 10.2. The summed E-state index contributed by atoms with van der Waals surface area (Å²) in [6.45, 7) is 2.89. The van der Waals surface area contributed by atoms with E-state index in [1.807, 2.05) is 0 Å². The number of hydrogen-bond donors (Lipinski definition) is 0. The summed E-state index contributed by atoms with van der Waals surface area (Å²) in [5.41, 5.74) is -0.224. The topological polar surface area (TPSA) is 12.9 Å². The summed E-state index contributed by atoms with van der Waals surface area (Å²) in [7, 11) is 0. The molecule has 0 atom stereocenters. The van der Waals surface area contributed by atoms with Crippen LogP contribution in [0.1, 0.15) is 16.7 Å². The quantitative estimate of drug-likeness (QED) is 0.597. The van der Waals surface area contributed by atoms with Crippen LogP contribution in [0.4, 0.5) is 13.2 Å². The first-order valence-corrected chi connectivity index (χ1v) is 3.90. The lowest BCUT2D eigenvalue weighted by molar-refractivity contribution is -0.138. The zero-order valence-corrected chi connectivity index (χ0v) is 7.79. The van der Waals surface area contributed by atoms with Gasteiger partial charge in [0, 0.05) is 6.20 Å². The van der Waals surface area contributed by atoms with Crippen LogP contribution >= 0.6 is 11.6 Å². The molecule has 1 aromatic rings. The molecular weight excluding hydrogens is 203 g/mol. The summed E-state index contributed by atoms with van der Waals surface area (Å²) in [6, 6.07) is 0. The maximum atomic E-state index is 12.3. The average Bonchev–Trinajstić information content (AvgIpc) is 1.98. The van der Waals surface area contributed by atoms with Gasteiger partial charge in [-0.15, -0.1) is 0 Å². The number of hydrogen-bond acceptors (Lipinski definition) is 1. The molecule has 0 saturated heterocycles. The van der Waals surface area contributed by atoms with E-state index < -0.39 is 11.7 Å². The number of rotatable bonds is 0. The van der Waals surface area contributed by atoms with Gasteiger partial charge >= 0.3 is 6.18 Å². The Morgan fingerprint density at radius 2 is 1.77 bits per heavy atom. The van der Waals surface area contributed by atoms with Gasteiger partial charge < -0.3 is 0 Å². The monoisotopic (exact) mass is 209 g/mol. The van der Waals surface area contributed by atoms with Crippen LogP contribution in [0.25, 0.3) is 0 Å². The summed E-state index contributed by atoms with van der Waals surface area (Å²) in [5.74, 6) is 0. The van der Waals surface area contributed by atoms with Gasteiger partial charge in [-0.25, -0.2) is 4.98 Å². The largest absolute Gasteiger partial charge is 0.418 e. The molecule has 0 N–H and O–H groups in total. The Hall–Kier alpha value is -0.770. The van der Waals surface area contributed by atoms with Gasteiger partial charge in [0.1, 0.15) is 5.15 Å². The van der Waals surface area contributed by atoms with Crippen LogP contribution in [0.15, 0.2) is 6.20 Å². The molecule has 0 spiro atoms. The highest BCUT2D eigenvalue weighted by atomic mass is 35.5. The van der Waals surface area contributed by atoms with Crippen molar-refractivity contribution in [1.29, 1.82) is 0 Å². The van der Waals surface area contributed by atoms with E-state index in [0.29, 0.717) is 5.56 Å². The molecule has 0 aromatic carbocycles. The second-order valence-corrected chi connectivity index (χ2v) is 3.07. The Labute approximate surface area is 78.5 Å². The molecule has 0 saturated carbocycles. The molecule has 1 rings (SSSR count). The van der Waals surface area contributed by atoms with Crippen LogP contribution in [0, 0.1) is 13.8 Å². The van der Waals surface area contributed by atoms with Crippen molar-refractivity contribution < 1.29 is 13.2 Å². The van der Waals surface area contributed by atoms with Crippen LogP contribution in [0.3, 0.4) is 0 Å². The minimum absolute atomic E-state index is 0.116. The molecule has 0 aliphatic heterocycles. The van der Waals surface area contributed by atoms with E-state index in [-0.39, 0.29) is 10.7 Å². The molecule has 1 heterocycles. The predicted octanol–water partition coefficient (Wildman–Crippen LogP) is 3.37. The van der Waals surface area contributed by atoms with Gasteiger partial charge in [-0.1, -0.05) is 11.6 Å². The van der Waals surface area contributed by atoms with E-state index in [2.05, 4.69) is 4.98 Å². The van der Waals surface area contributed by atoms with Crippen LogP contribution in [0.5, 0.6) is 0 Å². The van der Waals surface area contributed by atoms with Gasteiger partial charge in [-0.3, -0.25) is 0 Å². The lowest BCUT2D eigenvalue weighted by Crippen LogP contribution is -2.09. The maximum Gasteiger partial charge on any atom is 0.418 e. The molecule has 0 aliphatic carbocycles. The Bertz CT molecular complexity index is 333. The van der Waals surface area contributed by atoms with Gasteiger partial charge in [0.15, 0.2) is 0 Å². The highest BCUT2D eigenvalue weighted by molar-refractivity contribution is 6.30. The summed E-state index contributed by atoms with van der Waals surface area (Å²) < 4.78 is 36.8. The van der Waals surface area contributed by atoms with Gasteiger partial charge in [0.05, 0.1) is 5.56 Å². The van der Waals surface area contributed by atoms with Crippen molar-refractivity contribution in [3.63, 3.8) is 0 Å². The first-order valence-electron chi connectivity index (χ1n) is 3.53. The van der Waals surface area contributed by atoms with E-state index >= 15 is 0 Å². The molecule has 0 aliphatic rings. The highest BCUT2D eigenvalue weighted by Crippen LogP contribution is 2.33. The smallest absolute Gasteiger partial charge is 0.244 e.